The number of carbonyl (C=O) groups excluding carboxylic acids is 1. The number of carbonyl (C=O) groups is 1. The Labute approximate surface area is 242 Å². The quantitative estimate of drug-likeness (QED) is 0.535. The van der Waals surface area contributed by atoms with Gasteiger partial charge in [-0.15, -0.1) is 0 Å². The molecule has 3 aliphatic rings. The highest BCUT2D eigenvalue weighted by Crippen LogP contribution is 2.44. The van der Waals surface area contributed by atoms with Gasteiger partial charge < -0.3 is 29.3 Å². The van der Waals surface area contributed by atoms with Crippen LogP contribution in [0.3, 0.4) is 0 Å². The number of anilines is 1. The van der Waals surface area contributed by atoms with E-state index in [1.54, 1.807) is 9.47 Å². The van der Waals surface area contributed by atoms with Gasteiger partial charge in [0.1, 0.15) is 23.5 Å². The molecule has 39 heavy (non-hydrogen) atoms. The molecule has 0 bridgehead atoms. The summed E-state index contributed by atoms with van der Waals surface area (Å²) in [6.07, 6.45) is 1.70. The van der Waals surface area contributed by atoms with Gasteiger partial charge >= 0.3 is 11.8 Å². The molecule has 0 aliphatic carbocycles. The van der Waals surface area contributed by atoms with Crippen molar-refractivity contribution in [3.63, 3.8) is 0 Å². The maximum absolute atomic E-state index is 13.7. The van der Waals surface area contributed by atoms with Gasteiger partial charge in [0.25, 0.3) is 0 Å². The van der Waals surface area contributed by atoms with E-state index in [1.807, 2.05) is 40.7 Å². The molecule has 3 atom stereocenters. The van der Waals surface area contributed by atoms with Crippen LogP contribution in [0.15, 0.2) is 15.3 Å². The molecule has 0 saturated carbocycles. The molecule has 2 aromatic rings. The summed E-state index contributed by atoms with van der Waals surface area (Å²) < 4.78 is 20.4. The fourth-order valence-corrected chi connectivity index (χ4v) is 6.19. The highest BCUT2D eigenvalue weighted by molar-refractivity contribution is 9.10. The standard InChI is InChI=1S/C27H37BrClN5O5/c1-15-12-33(26(36)39-27(3,4)5)16(2)11-32(15)24-19-10-20(29)21(28)23-22(19)34(25(35)31-24)17(14-38-23)13-37-18-6-8-30-9-7-18/h10,15-18,30H,6-9,11-14H2,1-5H3/t15-,16+,17?/m0/s1. The molecule has 0 spiro atoms. The van der Waals surface area contributed by atoms with Crippen LogP contribution in [-0.4, -0.2) is 83.7 Å². The van der Waals surface area contributed by atoms with Gasteiger partial charge in [-0.2, -0.15) is 4.98 Å². The zero-order chi connectivity index (χ0) is 28.1. The molecule has 1 aromatic heterocycles. The van der Waals surface area contributed by atoms with E-state index in [1.165, 1.54) is 0 Å². The average molecular weight is 627 g/mol. The number of amides is 1. The van der Waals surface area contributed by atoms with Crippen molar-refractivity contribution in [2.24, 2.45) is 0 Å². The Bertz CT molecular complexity index is 1310. The molecule has 2 saturated heterocycles. The Kier molecular flexibility index (Phi) is 8.07. The van der Waals surface area contributed by atoms with Crippen molar-refractivity contribution in [2.45, 2.75) is 77.3 Å². The lowest BCUT2D eigenvalue weighted by Gasteiger charge is -2.45. The largest absolute Gasteiger partial charge is 0.488 e. The van der Waals surface area contributed by atoms with Crippen molar-refractivity contribution in [1.82, 2.24) is 19.8 Å². The number of nitrogens with zero attached hydrogens (tertiary/aromatic N) is 4. The van der Waals surface area contributed by atoms with Gasteiger partial charge in [0.15, 0.2) is 5.75 Å². The lowest BCUT2D eigenvalue weighted by Crippen LogP contribution is -2.59. The van der Waals surface area contributed by atoms with Gasteiger partial charge in [-0.3, -0.25) is 4.57 Å². The Hall–Kier alpha value is -2.08. The van der Waals surface area contributed by atoms with Crippen molar-refractivity contribution in [3.8, 4) is 5.75 Å². The van der Waals surface area contributed by atoms with Crippen LogP contribution in [0.5, 0.6) is 5.75 Å². The summed E-state index contributed by atoms with van der Waals surface area (Å²) in [5.41, 5.74) is -0.285. The summed E-state index contributed by atoms with van der Waals surface area (Å²) >= 11 is 10.2. The minimum absolute atomic E-state index is 0.117. The van der Waals surface area contributed by atoms with Crippen LogP contribution in [0.25, 0.3) is 10.9 Å². The Morgan fingerprint density at radius 2 is 1.95 bits per heavy atom. The first-order valence-electron chi connectivity index (χ1n) is 13.6. The number of hydrogen-bond donors (Lipinski definition) is 1. The van der Waals surface area contributed by atoms with E-state index in [9.17, 15) is 9.59 Å². The van der Waals surface area contributed by atoms with Crippen LogP contribution >= 0.6 is 27.5 Å². The molecule has 1 aromatic carbocycles. The van der Waals surface area contributed by atoms with E-state index in [0.717, 1.165) is 31.3 Å². The number of hydrogen-bond acceptors (Lipinski definition) is 8. The van der Waals surface area contributed by atoms with Gasteiger partial charge in [0.05, 0.1) is 28.2 Å². The monoisotopic (exact) mass is 625 g/mol. The molecule has 1 unspecified atom stereocenters. The normalized spacial score (nSPS) is 24.1. The average Bonchev–Trinajstić information content (AvgIpc) is 2.88. The maximum Gasteiger partial charge on any atom is 0.410 e. The molecule has 12 heteroatoms. The zero-order valence-corrected chi connectivity index (χ0v) is 25.5. The van der Waals surface area contributed by atoms with Crippen LogP contribution in [0.4, 0.5) is 10.6 Å². The number of piperidine rings is 1. The number of aromatic nitrogens is 2. The molecule has 214 valence electrons. The van der Waals surface area contributed by atoms with Gasteiger partial charge in [0.2, 0.25) is 0 Å². The summed E-state index contributed by atoms with van der Waals surface area (Å²) in [6.45, 7) is 13.0. The molecule has 3 aliphatic heterocycles. The Morgan fingerprint density at radius 3 is 2.64 bits per heavy atom. The van der Waals surface area contributed by atoms with Gasteiger partial charge in [-0.25, -0.2) is 9.59 Å². The van der Waals surface area contributed by atoms with Crippen molar-refractivity contribution in [2.75, 3.05) is 44.3 Å². The Morgan fingerprint density at radius 1 is 1.23 bits per heavy atom. The van der Waals surface area contributed by atoms with Crippen LogP contribution in [0, 0.1) is 0 Å². The minimum atomic E-state index is -0.581. The fraction of sp³-hybridized carbons (Fsp3) is 0.667. The zero-order valence-electron chi connectivity index (χ0n) is 23.1. The second-order valence-electron chi connectivity index (χ2n) is 11.7. The number of nitrogens with one attached hydrogen (secondary N) is 1. The van der Waals surface area contributed by atoms with Gasteiger partial charge in [0, 0.05) is 30.6 Å². The molecule has 1 amide bonds. The van der Waals surface area contributed by atoms with Crippen molar-refractivity contribution < 1.29 is 19.0 Å². The third kappa shape index (κ3) is 5.73. The second-order valence-corrected chi connectivity index (χ2v) is 12.9. The van der Waals surface area contributed by atoms with Crippen molar-refractivity contribution in [3.05, 3.63) is 26.0 Å². The van der Waals surface area contributed by atoms with E-state index >= 15 is 0 Å². The van der Waals surface area contributed by atoms with Crippen molar-refractivity contribution in [1.29, 1.82) is 0 Å². The van der Waals surface area contributed by atoms with Gasteiger partial charge in [-0.1, -0.05) is 11.6 Å². The number of halogens is 2. The predicted octanol–water partition coefficient (Wildman–Crippen LogP) is 4.35. The maximum atomic E-state index is 13.7. The predicted molar refractivity (Wildman–Crippen MR) is 154 cm³/mol. The first-order valence-corrected chi connectivity index (χ1v) is 14.8. The van der Waals surface area contributed by atoms with Crippen LogP contribution in [-0.2, 0) is 9.47 Å². The smallest absolute Gasteiger partial charge is 0.410 e. The van der Waals surface area contributed by atoms with E-state index in [0.29, 0.717) is 46.3 Å². The topological polar surface area (TPSA) is 98.2 Å². The third-order valence-electron chi connectivity index (χ3n) is 7.52. The summed E-state index contributed by atoms with van der Waals surface area (Å²) in [6, 6.07) is 1.25. The van der Waals surface area contributed by atoms with E-state index in [2.05, 4.69) is 31.1 Å². The SMILES string of the molecule is C[C@@H]1CN(c2nc(=O)n3c4c(c(Br)c(Cl)cc24)OCC3COC2CCNCC2)[C@@H](C)CN1C(=O)OC(C)(C)C. The molecule has 1 N–H and O–H groups in total. The summed E-state index contributed by atoms with van der Waals surface area (Å²) in [7, 11) is 0. The first kappa shape index (κ1) is 28.4. The number of ether oxygens (including phenoxy) is 3. The van der Waals surface area contributed by atoms with Gasteiger partial charge in [-0.05, 0) is 82.5 Å². The van der Waals surface area contributed by atoms with Crippen LogP contribution in [0.2, 0.25) is 5.02 Å². The first-order chi connectivity index (χ1) is 18.4. The van der Waals surface area contributed by atoms with Crippen molar-refractivity contribution >= 4 is 50.3 Å². The number of piperazine rings is 1. The fourth-order valence-electron chi connectivity index (χ4n) is 5.58. The third-order valence-corrected chi connectivity index (χ3v) is 8.84. The molecule has 4 heterocycles. The summed E-state index contributed by atoms with van der Waals surface area (Å²) in [5, 5.41) is 4.55. The lowest BCUT2D eigenvalue weighted by atomic mass is 10.1. The van der Waals surface area contributed by atoms with E-state index < -0.39 is 5.60 Å². The molecule has 0 radical (unpaired) electrons. The number of rotatable bonds is 4. The van der Waals surface area contributed by atoms with Crippen LogP contribution in [0.1, 0.15) is 53.5 Å². The lowest BCUT2D eigenvalue weighted by molar-refractivity contribution is 0.00364. The van der Waals surface area contributed by atoms with Crippen LogP contribution < -0.4 is 20.6 Å². The summed E-state index contributed by atoms with van der Waals surface area (Å²) in [4.78, 5) is 35.0. The second kappa shape index (κ2) is 11.1. The molecular formula is C27H37BrClN5O5. The number of benzene rings is 1. The minimum Gasteiger partial charge on any atom is -0.488 e. The van der Waals surface area contributed by atoms with E-state index in [-0.39, 0.29) is 42.6 Å². The molecule has 5 rings (SSSR count). The highest BCUT2D eigenvalue weighted by Gasteiger charge is 2.37. The summed E-state index contributed by atoms with van der Waals surface area (Å²) in [5.74, 6) is 1.07. The van der Waals surface area contributed by atoms with E-state index in [4.69, 9.17) is 25.8 Å². The Balaban J connectivity index is 1.49. The molecule has 2 fully saturated rings. The highest BCUT2D eigenvalue weighted by atomic mass is 79.9. The molecular weight excluding hydrogens is 590 g/mol. The molecule has 10 nitrogen and oxygen atoms in total.